The lowest BCUT2D eigenvalue weighted by Crippen LogP contribution is -2.24. The molecule has 2 aromatic carbocycles. The summed E-state index contributed by atoms with van der Waals surface area (Å²) in [5.41, 5.74) is 8.39. The molecule has 2 N–H and O–H groups in total. The largest absolute Gasteiger partial charge is 0.485 e. The van der Waals surface area contributed by atoms with Gasteiger partial charge in [-0.2, -0.15) is 0 Å². The van der Waals surface area contributed by atoms with Gasteiger partial charge in [-0.3, -0.25) is 0 Å². The van der Waals surface area contributed by atoms with Crippen LogP contribution in [0.5, 0.6) is 5.75 Å². The Morgan fingerprint density at radius 1 is 1.10 bits per heavy atom. The van der Waals surface area contributed by atoms with Gasteiger partial charge in [-0.25, -0.2) is 0 Å². The van der Waals surface area contributed by atoms with Crippen LogP contribution < -0.4 is 10.5 Å². The van der Waals surface area contributed by atoms with E-state index in [1.807, 2.05) is 36.4 Å². The molecule has 1 aliphatic heterocycles. The molecule has 2 aromatic rings. The summed E-state index contributed by atoms with van der Waals surface area (Å²) in [5.74, 6) is 0.846. The Hall–Kier alpha value is -0.550. The van der Waals surface area contributed by atoms with Crippen LogP contribution in [-0.4, -0.2) is 0 Å². The van der Waals surface area contributed by atoms with Crippen molar-refractivity contribution in [2.24, 2.45) is 5.73 Å². The summed E-state index contributed by atoms with van der Waals surface area (Å²) >= 11 is 13.0. The first-order valence-electron chi connectivity index (χ1n) is 6.21. The second-order valence-corrected chi connectivity index (χ2v) is 7.00. The second kappa shape index (κ2) is 5.68. The standard InChI is InChI=1S/C15H12Br2ClNO/c16-8-1-4-14-11(5-8)13(19)7-15(20-14)10-3-2-9(18)6-12(10)17/h1-6,13,15H,7,19H2/t13-,15?/m0/s1. The number of rotatable bonds is 1. The van der Waals surface area contributed by atoms with E-state index in [-0.39, 0.29) is 12.1 Å². The lowest BCUT2D eigenvalue weighted by molar-refractivity contribution is 0.161. The lowest BCUT2D eigenvalue weighted by atomic mass is 9.94. The van der Waals surface area contributed by atoms with E-state index in [9.17, 15) is 0 Å². The summed E-state index contributed by atoms with van der Waals surface area (Å²) < 4.78 is 8.05. The Morgan fingerprint density at radius 2 is 1.90 bits per heavy atom. The smallest absolute Gasteiger partial charge is 0.127 e. The van der Waals surface area contributed by atoms with Gasteiger partial charge in [-0.05, 0) is 30.3 Å². The number of nitrogens with two attached hydrogens (primary N) is 1. The molecule has 0 aliphatic carbocycles. The van der Waals surface area contributed by atoms with Crippen LogP contribution >= 0.6 is 43.5 Å². The average molecular weight is 418 g/mol. The number of hydrogen-bond donors (Lipinski definition) is 1. The van der Waals surface area contributed by atoms with Gasteiger partial charge in [0, 0.05) is 37.6 Å². The van der Waals surface area contributed by atoms with Crippen molar-refractivity contribution in [2.45, 2.75) is 18.6 Å². The van der Waals surface area contributed by atoms with Crippen molar-refractivity contribution in [3.63, 3.8) is 0 Å². The highest BCUT2D eigenvalue weighted by atomic mass is 79.9. The minimum absolute atomic E-state index is 0.0381. The van der Waals surface area contributed by atoms with Gasteiger partial charge in [-0.1, -0.05) is 49.5 Å². The Labute approximate surface area is 139 Å². The topological polar surface area (TPSA) is 35.2 Å². The predicted octanol–water partition coefficient (Wildman–Crippen LogP) is 5.39. The molecule has 1 heterocycles. The van der Waals surface area contributed by atoms with E-state index >= 15 is 0 Å². The van der Waals surface area contributed by atoms with E-state index in [4.69, 9.17) is 22.1 Å². The van der Waals surface area contributed by atoms with Crippen molar-refractivity contribution in [3.05, 3.63) is 61.5 Å². The van der Waals surface area contributed by atoms with Crippen LogP contribution in [0, 0.1) is 0 Å². The Morgan fingerprint density at radius 3 is 2.65 bits per heavy atom. The predicted molar refractivity (Wildman–Crippen MR) is 88.2 cm³/mol. The summed E-state index contributed by atoms with van der Waals surface area (Å²) in [7, 11) is 0. The minimum Gasteiger partial charge on any atom is -0.485 e. The number of ether oxygens (including phenoxy) is 1. The Kier molecular flexibility index (Phi) is 4.09. The summed E-state index contributed by atoms with van der Waals surface area (Å²) in [4.78, 5) is 0. The maximum Gasteiger partial charge on any atom is 0.127 e. The monoisotopic (exact) mass is 415 g/mol. The zero-order valence-corrected chi connectivity index (χ0v) is 14.4. The summed E-state index contributed by atoms with van der Waals surface area (Å²) in [5, 5.41) is 0.699. The van der Waals surface area contributed by atoms with Gasteiger partial charge in [0.25, 0.3) is 0 Å². The highest BCUT2D eigenvalue weighted by molar-refractivity contribution is 9.10. The van der Waals surface area contributed by atoms with Crippen LogP contribution in [0.4, 0.5) is 0 Å². The van der Waals surface area contributed by atoms with Gasteiger partial charge in [0.1, 0.15) is 11.9 Å². The van der Waals surface area contributed by atoms with Gasteiger partial charge in [0.2, 0.25) is 0 Å². The van der Waals surface area contributed by atoms with E-state index in [0.717, 1.165) is 32.2 Å². The van der Waals surface area contributed by atoms with E-state index in [2.05, 4.69) is 31.9 Å². The van der Waals surface area contributed by atoms with E-state index in [1.165, 1.54) is 0 Å². The summed E-state index contributed by atoms with van der Waals surface area (Å²) in [6, 6.07) is 11.6. The molecule has 104 valence electrons. The number of benzene rings is 2. The van der Waals surface area contributed by atoms with Crippen LogP contribution in [0.3, 0.4) is 0 Å². The third-order valence-electron chi connectivity index (χ3n) is 3.42. The van der Waals surface area contributed by atoms with Crippen molar-refractivity contribution >= 4 is 43.5 Å². The third kappa shape index (κ3) is 2.75. The summed E-state index contributed by atoms with van der Waals surface area (Å²) in [6.45, 7) is 0. The van der Waals surface area contributed by atoms with Crippen molar-refractivity contribution in [2.75, 3.05) is 0 Å². The fourth-order valence-corrected chi connectivity index (χ4v) is 3.75. The zero-order valence-electron chi connectivity index (χ0n) is 10.4. The third-order valence-corrected chi connectivity index (χ3v) is 4.83. The highest BCUT2D eigenvalue weighted by Gasteiger charge is 2.28. The molecule has 0 aromatic heterocycles. The van der Waals surface area contributed by atoms with Crippen molar-refractivity contribution in [1.29, 1.82) is 0 Å². The first kappa shape index (κ1) is 14.4. The average Bonchev–Trinajstić information content (AvgIpc) is 2.39. The lowest BCUT2D eigenvalue weighted by Gasteiger charge is -2.31. The van der Waals surface area contributed by atoms with E-state index in [1.54, 1.807) is 0 Å². The molecule has 2 atom stereocenters. The van der Waals surface area contributed by atoms with Crippen LogP contribution in [0.25, 0.3) is 0 Å². The van der Waals surface area contributed by atoms with E-state index in [0.29, 0.717) is 5.02 Å². The van der Waals surface area contributed by atoms with Gasteiger partial charge in [-0.15, -0.1) is 0 Å². The Balaban J connectivity index is 1.97. The van der Waals surface area contributed by atoms with Crippen LogP contribution in [0.2, 0.25) is 5.02 Å². The first-order valence-corrected chi connectivity index (χ1v) is 8.17. The fourth-order valence-electron chi connectivity index (χ4n) is 2.43. The molecule has 0 bridgehead atoms. The van der Waals surface area contributed by atoms with Gasteiger partial charge < -0.3 is 10.5 Å². The fraction of sp³-hybridized carbons (Fsp3) is 0.200. The molecular formula is C15H12Br2ClNO. The first-order chi connectivity index (χ1) is 9.54. The number of hydrogen-bond acceptors (Lipinski definition) is 2. The van der Waals surface area contributed by atoms with Crippen molar-refractivity contribution in [1.82, 2.24) is 0 Å². The molecule has 0 saturated heterocycles. The number of fused-ring (bicyclic) bond motifs is 1. The molecule has 20 heavy (non-hydrogen) atoms. The molecule has 0 radical (unpaired) electrons. The van der Waals surface area contributed by atoms with Crippen molar-refractivity contribution in [3.8, 4) is 5.75 Å². The molecule has 1 unspecified atom stereocenters. The highest BCUT2D eigenvalue weighted by Crippen LogP contribution is 2.42. The minimum atomic E-state index is -0.0645. The molecule has 5 heteroatoms. The molecular weight excluding hydrogens is 405 g/mol. The van der Waals surface area contributed by atoms with Gasteiger partial charge in [0.05, 0.1) is 0 Å². The maximum atomic E-state index is 6.28. The molecule has 0 spiro atoms. The molecule has 2 nitrogen and oxygen atoms in total. The number of halogens is 3. The normalized spacial score (nSPS) is 21.2. The van der Waals surface area contributed by atoms with Crippen LogP contribution in [-0.2, 0) is 0 Å². The van der Waals surface area contributed by atoms with Gasteiger partial charge in [0.15, 0.2) is 0 Å². The van der Waals surface area contributed by atoms with Crippen LogP contribution in [0.1, 0.15) is 29.7 Å². The Bertz CT molecular complexity index is 662. The molecule has 0 amide bonds. The van der Waals surface area contributed by atoms with Gasteiger partial charge >= 0.3 is 0 Å². The zero-order chi connectivity index (χ0) is 14.3. The SMILES string of the molecule is N[C@H]1CC(c2ccc(Cl)cc2Br)Oc2ccc(Br)cc21. The quantitative estimate of drug-likeness (QED) is 0.675. The molecule has 1 aliphatic rings. The summed E-state index contributed by atoms with van der Waals surface area (Å²) in [6.07, 6.45) is 0.675. The van der Waals surface area contributed by atoms with Crippen molar-refractivity contribution < 1.29 is 4.74 Å². The maximum absolute atomic E-state index is 6.28. The van der Waals surface area contributed by atoms with Crippen LogP contribution in [0.15, 0.2) is 45.3 Å². The molecule has 0 saturated carbocycles. The second-order valence-electron chi connectivity index (χ2n) is 4.80. The molecule has 3 rings (SSSR count). The van der Waals surface area contributed by atoms with E-state index < -0.39 is 0 Å². The molecule has 0 fully saturated rings.